The first kappa shape index (κ1) is 22.3. The number of carbonyl (C=O) groups excluding carboxylic acids is 1. The van der Waals surface area contributed by atoms with Crippen molar-refractivity contribution in [1.29, 1.82) is 5.26 Å². The Balaban J connectivity index is 1.66. The SMILES string of the molecule is C[C@H](O)C(=O)N1CCC(n2c(=O)[nH]c(=O)c3cnc4ccc(-c5cnc(C#N)nc5)nc4c32)CC1. The van der Waals surface area contributed by atoms with Crippen LogP contribution in [0.5, 0.6) is 0 Å². The second kappa shape index (κ2) is 8.69. The Labute approximate surface area is 197 Å². The topological polar surface area (TPSA) is 171 Å². The summed E-state index contributed by atoms with van der Waals surface area (Å²) in [6.07, 6.45) is 4.22. The molecular formula is C23H20N8O4. The van der Waals surface area contributed by atoms with E-state index in [1.165, 1.54) is 30.1 Å². The smallest absolute Gasteiger partial charge is 0.329 e. The summed E-state index contributed by atoms with van der Waals surface area (Å²) >= 11 is 0. The Morgan fingerprint density at radius 3 is 2.54 bits per heavy atom. The largest absolute Gasteiger partial charge is 0.384 e. The first-order chi connectivity index (χ1) is 16.9. The van der Waals surface area contributed by atoms with E-state index in [1.54, 1.807) is 17.0 Å². The average Bonchev–Trinajstić information content (AvgIpc) is 2.88. The number of aliphatic hydroxyl groups is 1. The van der Waals surface area contributed by atoms with Crippen LogP contribution in [0, 0.1) is 11.3 Å². The lowest BCUT2D eigenvalue weighted by Crippen LogP contribution is -2.45. The van der Waals surface area contributed by atoms with Crippen LogP contribution in [0.1, 0.15) is 31.6 Å². The number of H-pyrrole nitrogens is 1. The Kier molecular flexibility index (Phi) is 5.54. The number of likely N-dealkylation sites (tertiary alicyclic amines) is 1. The number of amides is 1. The summed E-state index contributed by atoms with van der Waals surface area (Å²) in [5.74, 6) is -0.324. The van der Waals surface area contributed by atoms with Crippen LogP contribution in [0.25, 0.3) is 33.2 Å². The normalized spacial score (nSPS) is 15.3. The molecule has 1 atom stereocenters. The molecule has 5 heterocycles. The molecule has 1 saturated heterocycles. The number of aromatic amines is 1. The first-order valence-electron chi connectivity index (χ1n) is 11.0. The summed E-state index contributed by atoms with van der Waals surface area (Å²) in [6.45, 7) is 2.16. The van der Waals surface area contributed by atoms with Crippen LogP contribution in [0.3, 0.4) is 0 Å². The highest BCUT2D eigenvalue weighted by molar-refractivity contribution is 6.01. The number of aliphatic hydroxyl groups excluding tert-OH is 1. The molecule has 4 aromatic heterocycles. The van der Waals surface area contributed by atoms with Crippen LogP contribution >= 0.6 is 0 Å². The van der Waals surface area contributed by atoms with E-state index >= 15 is 0 Å². The number of rotatable bonds is 3. The van der Waals surface area contributed by atoms with Gasteiger partial charge in [0, 0.05) is 43.3 Å². The van der Waals surface area contributed by atoms with Gasteiger partial charge in [0.05, 0.1) is 22.1 Å². The second-order valence-electron chi connectivity index (χ2n) is 8.35. The Morgan fingerprint density at radius 1 is 1.17 bits per heavy atom. The quantitative estimate of drug-likeness (QED) is 0.403. The number of nitrogens with one attached hydrogen (secondary N) is 1. The molecule has 0 radical (unpaired) electrons. The van der Waals surface area contributed by atoms with E-state index in [4.69, 9.17) is 10.2 Å². The summed E-state index contributed by atoms with van der Waals surface area (Å²) in [7, 11) is 0. The van der Waals surface area contributed by atoms with Gasteiger partial charge in [0.2, 0.25) is 5.82 Å². The van der Waals surface area contributed by atoms with Gasteiger partial charge in [-0.2, -0.15) is 5.26 Å². The number of hydrogen-bond donors (Lipinski definition) is 2. The molecule has 2 N–H and O–H groups in total. The van der Waals surface area contributed by atoms with Crippen LogP contribution in [0.15, 0.2) is 40.3 Å². The molecule has 0 unspecified atom stereocenters. The molecule has 1 amide bonds. The van der Waals surface area contributed by atoms with E-state index in [1.807, 2.05) is 6.07 Å². The molecule has 35 heavy (non-hydrogen) atoms. The zero-order chi connectivity index (χ0) is 24.7. The molecular weight excluding hydrogens is 452 g/mol. The van der Waals surface area contributed by atoms with Gasteiger partial charge in [-0.25, -0.2) is 19.7 Å². The molecule has 4 aromatic rings. The maximum Gasteiger partial charge on any atom is 0.329 e. The number of aromatic nitrogens is 6. The average molecular weight is 472 g/mol. The van der Waals surface area contributed by atoms with Crippen LogP contribution in [-0.4, -0.2) is 64.6 Å². The molecule has 1 fully saturated rings. The highest BCUT2D eigenvalue weighted by Gasteiger charge is 2.28. The molecule has 12 nitrogen and oxygen atoms in total. The van der Waals surface area contributed by atoms with Crippen molar-refractivity contribution < 1.29 is 9.90 Å². The number of fused-ring (bicyclic) bond motifs is 3. The summed E-state index contributed by atoms with van der Waals surface area (Å²) in [5.41, 5.74) is 1.15. The Bertz CT molecular complexity index is 1610. The van der Waals surface area contributed by atoms with Crippen molar-refractivity contribution in [3.8, 4) is 17.3 Å². The molecule has 0 aliphatic carbocycles. The van der Waals surface area contributed by atoms with Crippen molar-refractivity contribution in [2.24, 2.45) is 0 Å². The highest BCUT2D eigenvalue weighted by atomic mass is 16.3. The van der Waals surface area contributed by atoms with Crippen LogP contribution in [-0.2, 0) is 4.79 Å². The standard InChI is InChI=1S/C23H20N8O4/c1-12(32)22(34)30-6-4-14(5-7-30)31-20-15(21(33)29-23(31)35)11-25-17-3-2-16(28-19(17)20)13-9-26-18(8-24)27-10-13/h2-3,9-12,14,32H,4-7H2,1H3,(H,29,33,35)/t12-/m0/s1. The fourth-order valence-electron chi connectivity index (χ4n) is 4.43. The Hall–Kier alpha value is -4.50. The van der Waals surface area contributed by atoms with Gasteiger partial charge in [0.15, 0.2) is 0 Å². The van der Waals surface area contributed by atoms with Gasteiger partial charge in [-0.3, -0.25) is 24.1 Å². The highest BCUT2D eigenvalue weighted by Crippen LogP contribution is 2.28. The summed E-state index contributed by atoms with van der Waals surface area (Å²) in [6, 6.07) is 5.02. The van der Waals surface area contributed by atoms with E-state index < -0.39 is 17.4 Å². The fourth-order valence-corrected chi connectivity index (χ4v) is 4.43. The molecule has 0 aromatic carbocycles. The Morgan fingerprint density at radius 2 is 1.89 bits per heavy atom. The van der Waals surface area contributed by atoms with Gasteiger partial charge in [0.1, 0.15) is 17.7 Å². The fraction of sp³-hybridized carbons (Fsp3) is 0.304. The molecule has 5 rings (SSSR count). The summed E-state index contributed by atoms with van der Waals surface area (Å²) in [5, 5.41) is 18.8. The summed E-state index contributed by atoms with van der Waals surface area (Å²) in [4.78, 5) is 58.8. The number of nitriles is 1. The van der Waals surface area contributed by atoms with Gasteiger partial charge in [0.25, 0.3) is 11.5 Å². The van der Waals surface area contributed by atoms with Crippen LogP contribution in [0.2, 0.25) is 0 Å². The molecule has 0 bridgehead atoms. The first-order valence-corrected chi connectivity index (χ1v) is 11.0. The third-order valence-corrected chi connectivity index (χ3v) is 6.16. The lowest BCUT2D eigenvalue weighted by Gasteiger charge is -2.34. The minimum atomic E-state index is -1.09. The minimum absolute atomic E-state index is 0.0300. The molecule has 12 heteroatoms. The van der Waals surface area contributed by atoms with E-state index in [0.29, 0.717) is 53.7 Å². The minimum Gasteiger partial charge on any atom is -0.384 e. The monoisotopic (exact) mass is 472 g/mol. The van der Waals surface area contributed by atoms with Crippen molar-refractivity contribution in [3.05, 3.63) is 57.4 Å². The van der Waals surface area contributed by atoms with Gasteiger partial charge >= 0.3 is 5.69 Å². The third-order valence-electron chi connectivity index (χ3n) is 6.16. The molecule has 0 saturated carbocycles. The number of hydrogen-bond acceptors (Lipinski definition) is 9. The molecule has 1 aliphatic heterocycles. The van der Waals surface area contributed by atoms with Gasteiger partial charge in [-0.1, -0.05) is 0 Å². The molecule has 1 aliphatic rings. The number of piperidine rings is 1. The van der Waals surface area contributed by atoms with Gasteiger partial charge in [-0.05, 0) is 31.9 Å². The molecule has 0 spiro atoms. The van der Waals surface area contributed by atoms with Gasteiger partial charge in [-0.15, -0.1) is 0 Å². The van der Waals surface area contributed by atoms with E-state index in [9.17, 15) is 19.5 Å². The zero-order valence-electron chi connectivity index (χ0n) is 18.7. The van der Waals surface area contributed by atoms with Crippen molar-refractivity contribution in [2.45, 2.75) is 31.9 Å². The van der Waals surface area contributed by atoms with Crippen LogP contribution < -0.4 is 11.2 Å². The summed E-state index contributed by atoms with van der Waals surface area (Å²) < 4.78 is 1.52. The third kappa shape index (κ3) is 3.91. The maximum absolute atomic E-state index is 13.0. The van der Waals surface area contributed by atoms with Crippen molar-refractivity contribution >= 4 is 27.8 Å². The second-order valence-corrected chi connectivity index (χ2v) is 8.35. The van der Waals surface area contributed by atoms with E-state index in [2.05, 4.69) is 19.9 Å². The zero-order valence-corrected chi connectivity index (χ0v) is 18.7. The number of nitrogens with zero attached hydrogens (tertiary/aromatic N) is 7. The van der Waals surface area contributed by atoms with E-state index in [0.717, 1.165) is 0 Å². The lowest BCUT2D eigenvalue weighted by molar-refractivity contribution is -0.140. The predicted octanol–water partition coefficient (Wildman–Crippen LogP) is 0.506. The molecule has 176 valence electrons. The van der Waals surface area contributed by atoms with Crippen LogP contribution in [0.4, 0.5) is 0 Å². The van der Waals surface area contributed by atoms with Crippen molar-refractivity contribution in [1.82, 2.24) is 34.4 Å². The lowest BCUT2D eigenvalue weighted by atomic mass is 10.0. The number of carbonyl (C=O) groups is 1. The number of pyridine rings is 2. The van der Waals surface area contributed by atoms with Gasteiger partial charge < -0.3 is 10.0 Å². The predicted molar refractivity (Wildman–Crippen MR) is 124 cm³/mol. The van der Waals surface area contributed by atoms with E-state index in [-0.39, 0.29) is 23.2 Å². The van der Waals surface area contributed by atoms with Crippen molar-refractivity contribution in [3.63, 3.8) is 0 Å². The van der Waals surface area contributed by atoms with Crippen molar-refractivity contribution in [2.75, 3.05) is 13.1 Å². The maximum atomic E-state index is 13.0.